The van der Waals surface area contributed by atoms with Gasteiger partial charge in [0.1, 0.15) is 0 Å². The normalized spacial score (nSPS) is 26.4. The third-order valence-corrected chi connectivity index (χ3v) is 5.75. The number of nitrogens with zero attached hydrogens (tertiary/aromatic N) is 3. The van der Waals surface area contributed by atoms with Gasteiger partial charge in [-0.3, -0.25) is 4.68 Å². The van der Waals surface area contributed by atoms with Gasteiger partial charge in [-0.2, -0.15) is 9.40 Å². The van der Waals surface area contributed by atoms with Crippen LogP contribution in [0.2, 0.25) is 0 Å². The average molecular weight is 338 g/mol. The number of halogens is 1. The SMILES string of the molecule is CC1COC(CBr)CN1S(=O)(=O)c1ccnn1C. The molecule has 0 amide bonds. The fourth-order valence-electron chi connectivity index (χ4n) is 1.96. The molecule has 0 bridgehead atoms. The molecule has 8 heteroatoms. The fourth-order valence-corrected chi connectivity index (χ4v) is 4.10. The predicted molar refractivity (Wildman–Crippen MR) is 70.1 cm³/mol. The lowest BCUT2D eigenvalue weighted by atomic mass is 10.2. The minimum Gasteiger partial charge on any atom is -0.374 e. The van der Waals surface area contributed by atoms with Crippen LogP contribution >= 0.6 is 15.9 Å². The van der Waals surface area contributed by atoms with Gasteiger partial charge in [-0.25, -0.2) is 8.42 Å². The maximum Gasteiger partial charge on any atom is 0.260 e. The van der Waals surface area contributed by atoms with E-state index in [0.717, 1.165) is 0 Å². The smallest absolute Gasteiger partial charge is 0.260 e. The maximum atomic E-state index is 12.5. The molecule has 1 aliphatic rings. The average Bonchev–Trinajstić information content (AvgIpc) is 2.76. The van der Waals surface area contributed by atoms with Crippen LogP contribution in [0.25, 0.3) is 0 Å². The van der Waals surface area contributed by atoms with Crippen molar-refractivity contribution in [2.45, 2.75) is 24.1 Å². The Bertz CT molecular complexity index is 516. The molecule has 2 atom stereocenters. The first-order chi connectivity index (χ1) is 8.46. The van der Waals surface area contributed by atoms with Gasteiger partial charge in [0.2, 0.25) is 0 Å². The Balaban J connectivity index is 2.31. The zero-order chi connectivity index (χ0) is 13.3. The van der Waals surface area contributed by atoms with E-state index in [-0.39, 0.29) is 17.2 Å². The highest BCUT2D eigenvalue weighted by atomic mass is 79.9. The van der Waals surface area contributed by atoms with Crippen molar-refractivity contribution in [3.05, 3.63) is 12.3 Å². The first-order valence-corrected chi connectivity index (χ1v) is 8.20. The quantitative estimate of drug-likeness (QED) is 0.757. The molecule has 6 nitrogen and oxygen atoms in total. The van der Waals surface area contributed by atoms with Crippen molar-refractivity contribution in [1.82, 2.24) is 14.1 Å². The Labute approximate surface area is 115 Å². The topological polar surface area (TPSA) is 64.4 Å². The van der Waals surface area contributed by atoms with Gasteiger partial charge in [-0.05, 0) is 13.0 Å². The number of alkyl halides is 1. The summed E-state index contributed by atoms with van der Waals surface area (Å²) >= 11 is 3.32. The third kappa shape index (κ3) is 2.47. The molecule has 18 heavy (non-hydrogen) atoms. The molecular formula is C10H16BrN3O3S. The molecule has 1 saturated heterocycles. The van der Waals surface area contributed by atoms with Crippen LogP contribution in [-0.2, 0) is 21.8 Å². The lowest BCUT2D eigenvalue weighted by Gasteiger charge is -2.36. The number of hydrogen-bond donors (Lipinski definition) is 0. The summed E-state index contributed by atoms with van der Waals surface area (Å²) in [5, 5.41) is 4.75. The van der Waals surface area contributed by atoms with Gasteiger partial charge in [-0.1, -0.05) is 15.9 Å². The molecule has 1 aromatic rings. The van der Waals surface area contributed by atoms with Crippen LogP contribution in [0.4, 0.5) is 0 Å². The largest absolute Gasteiger partial charge is 0.374 e. The molecule has 2 heterocycles. The lowest BCUT2D eigenvalue weighted by Crippen LogP contribution is -2.51. The van der Waals surface area contributed by atoms with Crippen LogP contribution < -0.4 is 0 Å². The molecule has 0 aromatic carbocycles. The van der Waals surface area contributed by atoms with E-state index in [1.54, 1.807) is 7.05 Å². The molecule has 0 spiro atoms. The first kappa shape index (κ1) is 14.0. The summed E-state index contributed by atoms with van der Waals surface area (Å²) in [5.74, 6) is 0. The van der Waals surface area contributed by atoms with E-state index < -0.39 is 10.0 Å². The van der Waals surface area contributed by atoms with E-state index in [4.69, 9.17) is 4.74 Å². The number of aryl methyl sites for hydroxylation is 1. The van der Waals surface area contributed by atoms with E-state index >= 15 is 0 Å². The van der Waals surface area contributed by atoms with E-state index in [9.17, 15) is 8.42 Å². The number of hydrogen-bond acceptors (Lipinski definition) is 4. The summed E-state index contributed by atoms with van der Waals surface area (Å²) in [7, 11) is -1.88. The Hall–Kier alpha value is -0.440. The highest BCUT2D eigenvalue weighted by Gasteiger charge is 2.36. The number of ether oxygens (including phenoxy) is 1. The molecule has 1 aromatic heterocycles. The summed E-state index contributed by atoms with van der Waals surface area (Å²) in [4.78, 5) is 0. The lowest BCUT2D eigenvalue weighted by molar-refractivity contribution is -0.0140. The molecule has 2 unspecified atom stereocenters. The standard InChI is InChI=1S/C10H16BrN3O3S/c1-8-7-17-9(5-11)6-14(8)18(15,16)10-3-4-12-13(10)2/h3-4,8-9H,5-7H2,1-2H3. The van der Waals surface area contributed by atoms with Crippen LogP contribution in [0.5, 0.6) is 0 Å². The van der Waals surface area contributed by atoms with Gasteiger partial charge in [0.05, 0.1) is 18.9 Å². The molecule has 0 radical (unpaired) electrons. The summed E-state index contributed by atoms with van der Waals surface area (Å²) < 4.78 is 33.5. The Morgan fingerprint density at radius 1 is 1.61 bits per heavy atom. The van der Waals surface area contributed by atoms with Crippen LogP contribution in [0, 0.1) is 0 Å². The van der Waals surface area contributed by atoms with Gasteiger partial charge in [0.15, 0.2) is 5.03 Å². The third-order valence-electron chi connectivity index (χ3n) is 2.97. The fraction of sp³-hybridized carbons (Fsp3) is 0.700. The van der Waals surface area contributed by atoms with E-state index in [0.29, 0.717) is 18.5 Å². The summed E-state index contributed by atoms with van der Waals surface area (Å²) in [6.45, 7) is 2.62. The van der Waals surface area contributed by atoms with Crippen molar-refractivity contribution in [3.63, 3.8) is 0 Å². The zero-order valence-corrected chi connectivity index (χ0v) is 12.7. The molecule has 102 valence electrons. The van der Waals surface area contributed by atoms with Crippen LogP contribution in [-0.4, -0.2) is 53.1 Å². The second kappa shape index (κ2) is 5.28. The van der Waals surface area contributed by atoms with Crippen molar-refractivity contribution < 1.29 is 13.2 Å². The minimum absolute atomic E-state index is 0.107. The second-order valence-corrected chi connectivity index (χ2v) is 6.81. The number of morpholine rings is 1. The Morgan fingerprint density at radius 3 is 2.89 bits per heavy atom. The molecule has 0 aliphatic carbocycles. The maximum absolute atomic E-state index is 12.5. The molecule has 0 saturated carbocycles. The van der Waals surface area contributed by atoms with Crippen LogP contribution in [0.15, 0.2) is 17.3 Å². The molecule has 2 rings (SSSR count). The highest BCUT2D eigenvalue weighted by molar-refractivity contribution is 9.09. The van der Waals surface area contributed by atoms with Crippen LogP contribution in [0.3, 0.4) is 0 Å². The summed E-state index contributed by atoms with van der Waals surface area (Å²) in [5.41, 5.74) is 0. The predicted octanol–water partition coefficient (Wildman–Crippen LogP) is 0.593. The van der Waals surface area contributed by atoms with Gasteiger partial charge in [0, 0.05) is 25.0 Å². The molecular weight excluding hydrogens is 322 g/mol. The Morgan fingerprint density at radius 2 is 2.33 bits per heavy atom. The first-order valence-electron chi connectivity index (χ1n) is 5.64. The van der Waals surface area contributed by atoms with E-state index in [1.807, 2.05) is 6.92 Å². The van der Waals surface area contributed by atoms with Gasteiger partial charge in [0.25, 0.3) is 10.0 Å². The number of sulfonamides is 1. The van der Waals surface area contributed by atoms with Crippen LogP contribution in [0.1, 0.15) is 6.92 Å². The van der Waals surface area contributed by atoms with Crippen molar-refractivity contribution in [3.8, 4) is 0 Å². The number of aromatic nitrogens is 2. The monoisotopic (exact) mass is 337 g/mol. The van der Waals surface area contributed by atoms with Crippen molar-refractivity contribution in [1.29, 1.82) is 0 Å². The number of rotatable bonds is 3. The van der Waals surface area contributed by atoms with Crippen molar-refractivity contribution >= 4 is 26.0 Å². The summed E-state index contributed by atoms with van der Waals surface area (Å²) in [6, 6.07) is 1.35. The minimum atomic E-state index is -3.51. The van der Waals surface area contributed by atoms with Crippen molar-refractivity contribution in [2.75, 3.05) is 18.5 Å². The van der Waals surface area contributed by atoms with Gasteiger partial charge >= 0.3 is 0 Å². The van der Waals surface area contributed by atoms with Crippen molar-refractivity contribution in [2.24, 2.45) is 7.05 Å². The molecule has 1 fully saturated rings. The zero-order valence-electron chi connectivity index (χ0n) is 10.3. The van der Waals surface area contributed by atoms with Gasteiger partial charge < -0.3 is 4.74 Å². The Kier molecular flexibility index (Phi) is 4.10. The van der Waals surface area contributed by atoms with Gasteiger partial charge in [-0.15, -0.1) is 0 Å². The second-order valence-electron chi connectivity index (χ2n) is 4.33. The van der Waals surface area contributed by atoms with E-state index in [2.05, 4.69) is 21.0 Å². The molecule has 1 aliphatic heterocycles. The highest BCUT2D eigenvalue weighted by Crippen LogP contribution is 2.22. The molecule has 0 N–H and O–H groups in total. The summed E-state index contributed by atoms with van der Waals surface area (Å²) in [6.07, 6.45) is 1.38. The van der Waals surface area contributed by atoms with E-state index in [1.165, 1.54) is 21.3 Å².